The normalized spacial score (nSPS) is 10.3. The van der Waals surface area contributed by atoms with Crippen LogP contribution in [0.4, 0.5) is 17.2 Å². The number of benzene rings is 1. The quantitative estimate of drug-likeness (QED) is 0.518. The summed E-state index contributed by atoms with van der Waals surface area (Å²) < 4.78 is 5.07. The molecule has 2 aromatic rings. The number of ether oxygens (including phenoxy) is 1. The summed E-state index contributed by atoms with van der Waals surface area (Å²) in [6.45, 7) is 0.371. The first-order valence-electron chi connectivity index (χ1n) is 5.62. The van der Waals surface area contributed by atoms with E-state index in [1.807, 2.05) is 12.1 Å². The van der Waals surface area contributed by atoms with E-state index in [2.05, 4.69) is 15.3 Å². The van der Waals surface area contributed by atoms with Gasteiger partial charge < -0.3 is 10.1 Å². The largest absolute Gasteiger partial charge is 0.380 e. The molecule has 0 spiro atoms. The standard InChI is InChI=1S/C12H11ClN4O3/c1-20-7-8-4-2-3-5-9(8)15-11-10(17(18)19)6-14-12(13)16-11/h2-6H,7H2,1H3,(H,14,15,16). The summed E-state index contributed by atoms with van der Waals surface area (Å²) >= 11 is 5.68. The van der Waals surface area contributed by atoms with E-state index in [-0.39, 0.29) is 16.8 Å². The second-order valence-corrected chi connectivity index (χ2v) is 4.18. The van der Waals surface area contributed by atoms with Crippen molar-refractivity contribution in [3.63, 3.8) is 0 Å². The van der Waals surface area contributed by atoms with Gasteiger partial charge in [0, 0.05) is 18.4 Å². The van der Waals surface area contributed by atoms with Crippen LogP contribution in [0.25, 0.3) is 0 Å². The van der Waals surface area contributed by atoms with Crippen LogP contribution >= 0.6 is 11.6 Å². The van der Waals surface area contributed by atoms with Crippen LogP contribution in [-0.2, 0) is 11.3 Å². The van der Waals surface area contributed by atoms with E-state index in [1.165, 1.54) is 0 Å². The smallest absolute Gasteiger partial charge is 0.329 e. The Kier molecular flexibility index (Phi) is 4.44. The Bertz CT molecular complexity index is 636. The Balaban J connectivity index is 2.39. The molecule has 2 rings (SSSR count). The second kappa shape index (κ2) is 6.27. The van der Waals surface area contributed by atoms with Crippen LogP contribution in [0.3, 0.4) is 0 Å². The van der Waals surface area contributed by atoms with Crippen molar-refractivity contribution in [2.75, 3.05) is 12.4 Å². The summed E-state index contributed by atoms with van der Waals surface area (Å²) in [5.74, 6) is 0.0403. The fourth-order valence-electron chi connectivity index (χ4n) is 1.63. The summed E-state index contributed by atoms with van der Waals surface area (Å²) in [5, 5.41) is 13.8. The zero-order chi connectivity index (χ0) is 14.5. The number of halogens is 1. The second-order valence-electron chi connectivity index (χ2n) is 3.85. The van der Waals surface area contributed by atoms with Gasteiger partial charge in [0.2, 0.25) is 11.1 Å². The topological polar surface area (TPSA) is 90.2 Å². The number of aromatic nitrogens is 2. The zero-order valence-electron chi connectivity index (χ0n) is 10.5. The molecule has 0 radical (unpaired) electrons. The summed E-state index contributed by atoms with van der Waals surface area (Å²) in [4.78, 5) is 17.8. The maximum atomic E-state index is 11.0. The number of methoxy groups -OCH3 is 1. The minimum absolute atomic E-state index is 0.0403. The van der Waals surface area contributed by atoms with Crippen molar-refractivity contribution in [1.82, 2.24) is 9.97 Å². The summed E-state index contributed by atoms with van der Waals surface area (Å²) in [6.07, 6.45) is 1.07. The van der Waals surface area contributed by atoms with Gasteiger partial charge in [0.15, 0.2) is 0 Å². The highest BCUT2D eigenvalue weighted by atomic mass is 35.5. The molecule has 7 nitrogen and oxygen atoms in total. The lowest BCUT2D eigenvalue weighted by Crippen LogP contribution is -2.03. The molecule has 20 heavy (non-hydrogen) atoms. The van der Waals surface area contributed by atoms with Crippen molar-refractivity contribution in [2.24, 2.45) is 0 Å². The highest BCUT2D eigenvalue weighted by molar-refractivity contribution is 6.28. The molecule has 0 aliphatic heterocycles. The molecule has 0 amide bonds. The zero-order valence-corrected chi connectivity index (χ0v) is 11.3. The maximum Gasteiger partial charge on any atom is 0.329 e. The van der Waals surface area contributed by atoms with Gasteiger partial charge in [0.1, 0.15) is 6.20 Å². The molecular formula is C12H11ClN4O3. The van der Waals surface area contributed by atoms with Gasteiger partial charge in [-0.2, -0.15) is 4.98 Å². The van der Waals surface area contributed by atoms with E-state index in [4.69, 9.17) is 16.3 Å². The van der Waals surface area contributed by atoms with Gasteiger partial charge in [0.25, 0.3) is 0 Å². The van der Waals surface area contributed by atoms with Gasteiger partial charge in [-0.25, -0.2) is 4.98 Å². The Morgan fingerprint density at radius 2 is 2.20 bits per heavy atom. The molecule has 0 saturated heterocycles. The molecule has 1 N–H and O–H groups in total. The van der Waals surface area contributed by atoms with Crippen LogP contribution in [0.2, 0.25) is 5.28 Å². The third-order valence-corrected chi connectivity index (χ3v) is 2.69. The summed E-state index contributed by atoms with van der Waals surface area (Å²) in [6, 6.07) is 7.27. The average Bonchev–Trinajstić information content (AvgIpc) is 2.41. The Morgan fingerprint density at radius 3 is 2.90 bits per heavy atom. The van der Waals surface area contributed by atoms with Crippen LogP contribution in [0.1, 0.15) is 5.56 Å². The summed E-state index contributed by atoms with van der Waals surface area (Å²) in [7, 11) is 1.57. The first kappa shape index (κ1) is 14.2. The first-order valence-corrected chi connectivity index (χ1v) is 6.00. The number of para-hydroxylation sites is 1. The molecule has 0 atom stereocenters. The van der Waals surface area contributed by atoms with E-state index in [9.17, 15) is 10.1 Å². The van der Waals surface area contributed by atoms with Gasteiger partial charge in [-0.1, -0.05) is 18.2 Å². The average molecular weight is 295 g/mol. The van der Waals surface area contributed by atoms with Crippen molar-refractivity contribution in [3.8, 4) is 0 Å². The van der Waals surface area contributed by atoms with Crippen LogP contribution < -0.4 is 5.32 Å². The molecule has 0 aliphatic rings. The number of rotatable bonds is 5. The first-order chi connectivity index (χ1) is 9.61. The van der Waals surface area contributed by atoms with Crippen molar-refractivity contribution < 1.29 is 9.66 Å². The number of hydrogen-bond acceptors (Lipinski definition) is 6. The van der Waals surface area contributed by atoms with E-state index >= 15 is 0 Å². The Hall–Kier alpha value is -2.25. The van der Waals surface area contributed by atoms with E-state index in [1.54, 1.807) is 19.2 Å². The van der Waals surface area contributed by atoms with Gasteiger partial charge in [-0.15, -0.1) is 0 Å². The van der Waals surface area contributed by atoms with Gasteiger partial charge in [-0.05, 0) is 17.7 Å². The molecule has 1 heterocycles. The van der Waals surface area contributed by atoms with Crippen LogP contribution in [0.15, 0.2) is 30.5 Å². The number of anilines is 2. The van der Waals surface area contributed by atoms with Crippen molar-refractivity contribution in [1.29, 1.82) is 0 Å². The molecule has 0 saturated carbocycles. The highest BCUT2D eigenvalue weighted by Crippen LogP contribution is 2.27. The molecule has 0 bridgehead atoms. The van der Waals surface area contributed by atoms with Crippen molar-refractivity contribution in [2.45, 2.75) is 6.61 Å². The fourth-order valence-corrected chi connectivity index (χ4v) is 1.76. The number of hydrogen-bond donors (Lipinski definition) is 1. The van der Waals surface area contributed by atoms with Crippen molar-refractivity contribution >= 4 is 28.8 Å². The van der Waals surface area contributed by atoms with E-state index < -0.39 is 4.92 Å². The van der Waals surface area contributed by atoms with Gasteiger partial charge >= 0.3 is 5.69 Å². The third kappa shape index (κ3) is 3.19. The lowest BCUT2D eigenvalue weighted by molar-refractivity contribution is -0.384. The third-order valence-electron chi connectivity index (χ3n) is 2.51. The summed E-state index contributed by atoms with van der Waals surface area (Å²) in [5.41, 5.74) is 1.26. The van der Waals surface area contributed by atoms with E-state index in [0.717, 1.165) is 11.8 Å². The highest BCUT2D eigenvalue weighted by Gasteiger charge is 2.17. The fraction of sp³-hybridized carbons (Fsp3) is 0.167. The van der Waals surface area contributed by atoms with Gasteiger partial charge in [0.05, 0.1) is 11.5 Å². The monoisotopic (exact) mass is 294 g/mol. The lowest BCUT2D eigenvalue weighted by Gasteiger charge is -2.10. The lowest BCUT2D eigenvalue weighted by atomic mass is 10.2. The predicted molar refractivity (Wildman–Crippen MR) is 74.1 cm³/mol. The Morgan fingerprint density at radius 1 is 1.45 bits per heavy atom. The Labute approximate surface area is 119 Å². The van der Waals surface area contributed by atoms with E-state index in [0.29, 0.717) is 12.3 Å². The molecule has 1 aromatic carbocycles. The minimum atomic E-state index is -0.572. The van der Waals surface area contributed by atoms with Crippen LogP contribution in [0, 0.1) is 10.1 Å². The molecule has 0 unspecified atom stereocenters. The molecule has 104 valence electrons. The predicted octanol–water partition coefficient (Wildman–Crippen LogP) is 2.93. The SMILES string of the molecule is COCc1ccccc1Nc1nc(Cl)ncc1[N+](=O)[O-]. The molecule has 0 fully saturated rings. The maximum absolute atomic E-state index is 11.0. The number of nitrogens with one attached hydrogen (secondary N) is 1. The van der Waals surface area contributed by atoms with Gasteiger partial charge in [-0.3, -0.25) is 10.1 Å². The number of nitrogens with zero attached hydrogens (tertiary/aromatic N) is 3. The van der Waals surface area contributed by atoms with Crippen molar-refractivity contribution in [3.05, 3.63) is 51.4 Å². The minimum Gasteiger partial charge on any atom is -0.380 e. The molecular weight excluding hydrogens is 284 g/mol. The van der Waals surface area contributed by atoms with Crippen LogP contribution in [0.5, 0.6) is 0 Å². The number of nitro groups is 1. The van der Waals surface area contributed by atoms with Crippen LogP contribution in [-0.4, -0.2) is 22.0 Å². The molecule has 8 heteroatoms. The molecule has 0 aliphatic carbocycles. The molecule has 1 aromatic heterocycles.